The highest BCUT2D eigenvalue weighted by Gasteiger charge is 2.26. The summed E-state index contributed by atoms with van der Waals surface area (Å²) >= 11 is 4.97. The fourth-order valence-electron chi connectivity index (χ4n) is 2.45. The summed E-state index contributed by atoms with van der Waals surface area (Å²) in [6.07, 6.45) is 0. The molecule has 98 valence electrons. The van der Waals surface area contributed by atoms with Crippen molar-refractivity contribution in [3.05, 3.63) is 29.8 Å². The summed E-state index contributed by atoms with van der Waals surface area (Å²) < 4.78 is 0. The summed E-state index contributed by atoms with van der Waals surface area (Å²) in [5, 5.41) is 0. The van der Waals surface area contributed by atoms with Crippen LogP contribution in [0.5, 0.6) is 0 Å². The zero-order valence-corrected chi connectivity index (χ0v) is 12.1. The van der Waals surface area contributed by atoms with E-state index < -0.39 is 0 Å². The van der Waals surface area contributed by atoms with Gasteiger partial charge in [0.1, 0.15) is 4.99 Å². The van der Waals surface area contributed by atoms with E-state index in [1.54, 1.807) is 0 Å². The van der Waals surface area contributed by atoms with Crippen LogP contribution in [0.2, 0.25) is 0 Å². The first kappa shape index (κ1) is 13.3. The van der Waals surface area contributed by atoms with Crippen LogP contribution in [0.15, 0.2) is 24.3 Å². The van der Waals surface area contributed by atoms with Crippen molar-refractivity contribution in [1.29, 1.82) is 0 Å². The van der Waals surface area contributed by atoms with Crippen LogP contribution in [0, 0.1) is 0 Å². The quantitative estimate of drug-likeness (QED) is 0.826. The Morgan fingerprint density at radius 3 is 2.11 bits per heavy atom. The number of anilines is 1. The van der Waals surface area contributed by atoms with Gasteiger partial charge in [-0.1, -0.05) is 12.2 Å². The zero-order valence-electron chi connectivity index (χ0n) is 11.3. The van der Waals surface area contributed by atoms with Gasteiger partial charge in [0.05, 0.1) is 0 Å². The number of nitrogens with two attached hydrogens (primary N) is 1. The lowest BCUT2D eigenvalue weighted by Crippen LogP contribution is -2.55. The molecule has 0 amide bonds. The van der Waals surface area contributed by atoms with Crippen molar-refractivity contribution in [2.75, 3.05) is 25.0 Å². The predicted molar refractivity (Wildman–Crippen MR) is 81.2 cm³/mol. The van der Waals surface area contributed by atoms with Gasteiger partial charge >= 0.3 is 0 Å². The van der Waals surface area contributed by atoms with E-state index in [4.69, 9.17) is 18.0 Å². The molecular weight excluding hydrogens is 242 g/mol. The molecule has 1 saturated heterocycles. The predicted octanol–water partition coefficient (Wildman–Crippen LogP) is 1.85. The van der Waals surface area contributed by atoms with Crippen molar-refractivity contribution in [3.63, 3.8) is 0 Å². The molecule has 2 rings (SSSR count). The van der Waals surface area contributed by atoms with Crippen LogP contribution in [0.1, 0.15) is 19.4 Å². The number of nitrogens with zero attached hydrogens (tertiary/aromatic N) is 2. The van der Waals surface area contributed by atoms with Gasteiger partial charge in [0.2, 0.25) is 0 Å². The number of rotatable bonds is 2. The molecule has 0 radical (unpaired) electrons. The molecule has 0 spiro atoms. The summed E-state index contributed by atoms with van der Waals surface area (Å²) in [6.45, 7) is 6.67. The van der Waals surface area contributed by atoms with Crippen LogP contribution in [0.3, 0.4) is 0 Å². The van der Waals surface area contributed by atoms with Crippen LogP contribution in [-0.2, 0) is 0 Å². The number of hydrogen-bond donors (Lipinski definition) is 1. The molecule has 3 nitrogen and oxygen atoms in total. The van der Waals surface area contributed by atoms with Crippen molar-refractivity contribution in [3.8, 4) is 0 Å². The highest BCUT2D eigenvalue weighted by molar-refractivity contribution is 7.80. The minimum absolute atomic E-state index is 0.460. The molecule has 1 aliphatic heterocycles. The first-order chi connectivity index (χ1) is 8.49. The van der Waals surface area contributed by atoms with Crippen LogP contribution in [0.4, 0.5) is 5.69 Å². The maximum atomic E-state index is 5.62. The van der Waals surface area contributed by atoms with Gasteiger partial charge in [-0.15, -0.1) is 0 Å². The van der Waals surface area contributed by atoms with E-state index in [0.717, 1.165) is 18.7 Å². The summed E-state index contributed by atoms with van der Waals surface area (Å²) in [4.78, 5) is 5.32. The normalized spacial score (nSPS) is 25.2. The first-order valence-electron chi connectivity index (χ1n) is 6.36. The van der Waals surface area contributed by atoms with E-state index >= 15 is 0 Å². The van der Waals surface area contributed by atoms with Crippen molar-refractivity contribution in [2.24, 2.45) is 5.73 Å². The smallest absolute Gasteiger partial charge is 0.103 e. The Kier molecular flexibility index (Phi) is 3.88. The Morgan fingerprint density at radius 2 is 1.67 bits per heavy atom. The number of benzene rings is 1. The highest BCUT2D eigenvalue weighted by Crippen LogP contribution is 2.21. The van der Waals surface area contributed by atoms with Crippen LogP contribution in [0.25, 0.3) is 0 Å². The monoisotopic (exact) mass is 263 g/mol. The third-order valence-electron chi connectivity index (χ3n) is 3.88. The summed E-state index contributed by atoms with van der Waals surface area (Å²) in [5.74, 6) is 0. The van der Waals surface area contributed by atoms with Gasteiger partial charge in [0.15, 0.2) is 0 Å². The molecule has 2 unspecified atom stereocenters. The minimum atomic E-state index is 0.460. The van der Waals surface area contributed by atoms with E-state index in [-0.39, 0.29) is 0 Å². The van der Waals surface area contributed by atoms with Crippen molar-refractivity contribution in [2.45, 2.75) is 25.9 Å². The van der Waals surface area contributed by atoms with E-state index in [0.29, 0.717) is 17.1 Å². The van der Waals surface area contributed by atoms with E-state index in [2.05, 4.69) is 42.8 Å². The third-order valence-corrected chi connectivity index (χ3v) is 4.11. The van der Waals surface area contributed by atoms with Gasteiger partial charge in [0.25, 0.3) is 0 Å². The Labute approximate surface area is 115 Å². The molecule has 1 aromatic rings. The first-order valence-corrected chi connectivity index (χ1v) is 6.76. The lowest BCUT2D eigenvalue weighted by atomic mass is 10.1. The molecular formula is C14H21N3S. The van der Waals surface area contributed by atoms with Gasteiger partial charge in [-0.2, -0.15) is 0 Å². The maximum absolute atomic E-state index is 5.62. The second-order valence-corrected chi connectivity index (χ2v) is 5.62. The molecule has 1 aliphatic rings. The zero-order chi connectivity index (χ0) is 13.3. The minimum Gasteiger partial charge on any atom is -0.389 e. The van der Waals surface area contributed by atoms with Gasteiger partial charge in [-0.05, 0) is 45.2 Å². The van der Waals surface area contributed by atoms with E-state index in [1.807, 2.05) is 12.1 Å². The third kappa shape index (κ3) is 2.65. The Balaban J connectivity index is 2.14. The summed E-state index contributed by atoms with van der Waals surface area (Å²) in [6, 6.07) is 9.38. The molecule has 0 aromatic heterocycles. The lowest BCUT2D eigenvalue weighted by molar-refractivity contribution is 0.170. The lowest BCUT2D eigenvalue weighted by Gasteiger charge is -2.43. The molecule has 1 fully saturated rings. The SMILES string of the molecule is CC1CN(c2ccc(C(N)=S)cc2)CC(C)N1C. The average molecular weight is 263 g/mol. The Hall–Kier alpha value is -1.13. The maximum Gasteiger partial charge on any atom is 0.103 e. The number of thiocarbonyl (C=S) groups is 1. The molecule has 1 aromatic carbocycles. The molecule has 2 N–H and O–H groups in total. The summed E-state index contributed by atoms with van der Waals surface area (Å²) in [5.41, 5.74) is 7.80. The van der Waals surface area contributed by atoms with Crippen LogP contribution < -0.4 is 10.6 Å². The molecule has 0 aliphatic carbocycles. The van der Waals surface area contributed by atoms with E-state index in [9.17, 15) is 0 Å². The highest BCUT2D eigenvalue weighted by atomic mass is 32.1. The molecule has 1 heterocycles. The van der Waals surface area contributed by atoms with E-state index in [1.165, 1.54) is 5.69 Å². The molecule has 18 heavy (non-hydrogen) atoms. The second kappa shape index (κ2) is 5.24. The fraction of sp³-hybridized carbons (Fsp3) is 0.500. The second-order valence-electron chi connectivity index (χ2n) is 5.18. The van der Waals surface area contributed by atoms with Gasteiger partial charge in [-0.3, -0.25) is 4.90 Å². The average Bonchev–Trinajstić information content (AvgIpc) is 2.35. The van der Waals surface area contributed by atoms with Gasteiger partial charge < -0.3 is 10.6 Å². The largest absolute Gasteiger partial charge is 0.389 e. The number of likely N-dealkylation sites (N-methyl/N-ethyl adjacent to an activating group) is 1. The Bertz CT molecular complexity index is 417. The topological polar surface area (TPSA) is 32.5 Å². The fourth-order valence-corrected chi connectivity index (χ4v) is 2.59. The van der Waals surface area contributed by atoms with Gasteiger partial charge in [0, 0.05) is 36.4 Å². The van der Waals surface area contributed by atoms with Crippen LogP contribution >= 0.6 is 12.2 Å². The number of hydrogen-bond acceptors (Lipinski definition) is 3. The molecule has 0 saturated carbocycles. The van der Waals surface area contributed by atoms with Crippen molar-refractivity contribution >= 4 is 22.9 Å². The van der Waals surface area contributed by atoms with Gasteiger partial charge in [-0.25, -0.2) is 0 Å². The summed E-state index contributed by atoms with van der Waals surface area (Å²) in [7, 11) is 2.20. The molecule has 2 atom stereocenters. The number of piperazine rings is 1. The standard InChI is InChI=1S/C14H21N3S/c1-10-8-17(9-11(2)16(10)3)13-6-4-12(5-7-13)14(15)18/h4-7,10-11H,8-9H2,1-3H3,(H2,15,18). The molecule has 0 bridgehead atoms. The Morgan fingerprint density at radius 1 is 1.17 bits per heavy atom. The molecule has 4 heteroatoms. The van der Waals surface area contributed by atoms with Crippen molar-refractivity contribution in [1.82, 2.24) is 4.90 Å². The van der Waals surface area contributed by atoms with Crippen molar-refractivity contribution < 1.29 is 0 Å². The van der Waals surface area contributed by atoms with Crippen LogP contribution in [-0.4, -0.2) is 42.1 Å².